The zero-order chi connectivity index (χ0) is 12.7. The van der Waals surface area contributed by atoms with E-state index in [9.17, 15) is 4.79 Å². The predicted molar refractivity (Wildman–Crippen MR) is 68.0 cm³/mol. The Bertz CT molecular complexity index is 357. The fourth-order valence-corrected chi connectivity index (χ4v) is 1.60. The van der Waals surface area contributed by atoms with Crippen molar-refractivity contribution in [3.63, 3.8) is 0 Å². The standard InChI is InChI=1S/C12H20N4O/c1-15-8-12(17)16-7-11-3-9(5-13)2-10(4-11)6-14/h2-4,15H,5-8,13-14H2,1H3,(H,16,17). The SMILES string of the molecule is CNCC(=O)NCc1cc(CN)cc(CN)c1. The molecule has 0 bridgehead atoms. The number of likely N-dealkylation sites (N-methyl/N-ethyl adjacent to an activating group) is 1. The molecule has 1 amide bonds. The molecule has 0 aliphatic rings. The summed E-state index contributed by atoms with van der Waals surface area (Å²) in [5.41, 5.74) is 14.3. The average molecular weight is 236 g/mol. The van der Waals surface area contributed by atoms with Crippen LogP contribution in [0, 0.1) is 0 Å². The molecule has 17 heavy (non-hydrogen) atoms. The van der Waals surface area contributed by atoms with E-state index in [1.807, 2.05) is 18.2 Å². The highest BCUT2D eigenvalue weighted by molar-refractivity contribution is 5.77. The fraction of sp³-hybridized carbons (Fsp3) is 0.417. The third-order valence-corrected chi connectivity index (χ3v) is 2.41. The second-order valence-electron chi connectivity index (χ2n) is 3.87. The largest absolute Gasteiger partial charge is 0.351 e. The van der Waals surface area contributed by atoms with Crippen LogP contribution < -0.4 is 22.1 Å². The van der Waals surface area contributed by atoms with Gasteiger partial charge < -0.3 is 22.1 Å². The van der Waals surface area contributed by atoms with Crippen molar-refractivity contribution < 1.29 is 4.79 Å². The van der Waals surface area contributed by atoms with E-state index in [-0.39, 0.29) is 5.91 Å². The number of carbonyl (C=O) groups is 1. The number of rotatable bonds is 6. The molecule has 1 rings (SSSR count). The maximum atomic E-state index is 11.3. The summed E-state index contributed by atoms with van der Waals surface area (Å²) in [5.74, 6) is -0.0278. The summed E-state index contributed by atoms with van der Waals surface area (Å²) in [7, 11) is 1.74. The van der Waals surface area contributed by atoms with E-state index in [0.717, 1.165) is 16.7 Å². The van der Waals surface area contributed by atoms with Gasteiger partial charge in [-0.3, -0.25) is 4.79 Å². The summed E-state index contributed by atoms with van der Waals surface area (Å²) in [5, 5.41) is 5.62. The van der Waals surface area contributed by atoms with Gasteiger partial charge in [-0.25, -0.2) is 0 Å². The molecule has 0 aromatic heterocycles. The average Bonchev–Trinajstić information content (AvgIpc) is 2.36. The third kappa shape index (κ3) is 4.52. The molecule has 5 heteroatoms. The van der Waals surface area contributed by atoms with Gasteiger partial charge in [0.25, 0.3) is 0 Å². The van der Waals surface area contributed by atoms with Crippen molar-refractivity contribution in [1.29, 1.82) is 0 Å². The molecule has 0 fully saturated rings. The van der Waals surface area contributed by atoms with E-state index in [4.69, 9.17) is 11.5 Å². The maximum Gasteiger partial charge on any atom is 0.234 e. The molecule has 1 aromatic rings. The number of nitrogens with one attached hydrogen (secondary N) is 2. The van der Waals surface area contributed by atoms with Gasteiger partial charge in [-0.15, -0.1) is 0 Å². The van der Waals surface area contributed by atoms with Crippen LogP contribution in [0.25, 0.3) is 0 Å². The van der Waals surface area contributed by atoms with Crippen LogP contribution in [-0.2, 0) is 24.4 Å². The topological polar surface area (TPSA) is 93.2 Å². The van der Waals surface area contributed by atoms with Gasteiger partial charge in [0.1, 0.15) is 0 Å². The number of hydrogen-bond donors (Lipinski definition) is 4. The minimum absolute atomic E-state index is 0.0278. The molecular formula is C12H20N4O. The van der Waals surface area contributed by atoms with Crippen LogP contribution in [0.3, 0.4) is 0 Å². The summed E-state index contributed by atoms with van der Waals surface area (Å²) in [6.07, 6.45) is 0. The Morgan fingerprint density at radius 2 is 1.65 bits per heavy atom. The Hall–Kier alpha value is -1.43. The van der Waals surface area contributed by atoms with E-state index in [1.165, 1.54) is 0 Å². The van der Waals surface area contributed by atoms with E-state index in [1.54, 1.807) is 7.05 Å². The monoisotopic (exact) mass is 236 g/mol. The smallest absolute Gasteiger partial charge is 0.234 e. The minimum atomic E-state index is -0.0278. The van der Waals surface area contributed by atoms with Crippen LogP contribution in [0.4, 0.5) is 0 Å². The molecule has 0 spiro atoms. The highest BCUT2D eigenvalue weighted by Gasteiger charge is 2.02. The second kappa shape index (κ2) is 7.01. The number of carbonyl (C=O) groups excluding carboxylic acids is 1. The molecule has 0 saturated heterocycles. The van der Waals surface area contributed by atoms with Crippen LogP contribution in [0.5, 0.6) is 0 Å². The van der Waals surface area contributed by atoms with E-state index < -0.39 is 0 Å². The van der Waals surface area contributed by atoms with Crippen molar-refractivity contribution >= 4 is 5.91 Å². The Kier molecular flexibility index (Phi) is 5.62. The second-order valence-corrected chi connectivity index (χ2v) is 3.87. The van der Waals surface area contributed by atoms with Crippen molar-refractivity contribution in [3.05, 3.63) is 34.9 Å². The van der Waals surface area contributed by atoms with Crippen LogP contribution in [-0.4, -0.2) is 19.5 Å². The number of benzene rings is 1. The molecule has 1 aromatic carbocycles. The molecule has 0 radical (unpaired) electrons. The highest BCUT2D eigenvalue weighted by atomic mass is 16.1. The highest BCUT2D eigenvalue weighted by Crippen LogP contribution is 2.09. The predicted octanol–water partition coefficient (Wildman–Crippen LogP) is -0.560. The van der Waals surface area contributed by atoms with E-state index >= 15 is 0 Å². The van der Waals surface area contributed by atoms with Gasteiger partial charge >= 0.3 is 0 Å². The molecule has 0 heterocycles. The van der Waals surface area contributed by atoms with Crippen LogP contribution in [0.2, 0.25) is 0 Å². The van der Waals surface area contributed by atoms with Gasteiger partial charge in [-0.1, -0.05) is 18.2 Å². The van der Waals surface area contributed by atoms with Gasteiger partial charge in [-0.2, -0.15) is 0 Å². The fourth-order valence-electron chi connectivity index (χ4n) is 1.60. The summed E-state index contributed by atoms with van der Waals surface area (Å²) >= 11 is 0. The van der Waals surface area contributed by atoms with Crippen LogP contribution >= 0.6 is 0 Å². The first kappa shape index (κ1) is 13.6. The van der Waals surface area contributed by atoms with Crippen molar-refractivity contribution in [2.24, 2.45) is 11.5 Å². The van der Waals surface area contributed by atoms with Crippen molar-refractivity contribution in [3.8, 4) is 0 Å². The molecule has 0 aliphatic heterocycles. The van der Waals surface area contributed by atoms with Crippen LogP contribution in [0.1, 0.15) is 16.7 Å². The lowest BCUT2D eigenvalue weighted by Gasteiger charge is -2.09. The van der Waals surface area contributed by atoms with Crippen molar-refractivity contribution in [2.45, 2.75) is 19.6 Å². The third-order valence-electron chi connectivity index (χ3n) is 2.41. The summed E-state index contributed by atoms with van der Waals surface area (Å²) in [6.45, 7) is 1.78. The summed E-state index contributed by atoms with van der Waals surface area (Å²) < 4.78 is 0. The lowest BCUT2D eigenvalue weighted by atomic mass is 10.1. The first-order valence-electron chi connectivity index (χ1n) is 5.62. The Morgan fingerprint density at radius 1 is 1.12 bits per heavy atom. The Morgan fingerprint density at radius 3 is 2.12 bits per heavy atom. The van der Waals surface area contributed by atoms with Gasteiger partial charge in [0.2, 0.25) is 5.91 Å². The molecule has 5 nitrogen and oxygen atoms in total. The van der Waals surface area contributed by atoms with Crippen LogP contribution in [0.15, 0.2) is 18.2 Å². The van der Waals surface area contributed by atoms with Gasteiger partial charge in [-0.05, 0) is 23.7 Å². The van der Waals surface area contributed by atoms with Gasteiger partial charge in [0, 0.05) is 19.6 Å². The number of hydrogen-bond acceptors (Lipinski definition) is 4. The molecule has 0 unspecified atom stereocenters. The first-order valence-corrected chi connectivity index (χ1v) is 5.62. The van der Waals surface area contributed by atoms with Crippen molar-refractivity contribution in [1.82, 2.24) is 10.6 Å². The lowest BCUT2D eigenvalue weighted by Crippen LogP contribution is -2.31. The normalized spacial score (nSPS) is 10.3. The maximum absolute atomic E-state index is 11.3. The molecule has 0 saturated carbocycles. The lowest BCUT2D eigenvalue weighted by molar-refractivity contribution is -0.120. The van der Waals surface area contributed by atoms with Crippen molar-refractivity contribution in [2.75, 3.05) is 13.6 Å². The Balaban J connectivity index is 2.66. The summed E-state index contributed by atoms with van der Waals surface area (Å²) in [4.78, 5) is 11.3. The van der Waals surface area contributed by atoms with Gasteiger partial charge in [0.15, 0.2) is 0 Å². The molecule has 0 atom stereocenters. The van der Waals surface area contributed by atoms with Gasteiger partial charge in [0.05, 0.1) is 6.54 Å². The van der Waals surface area contributed by atoms with E-state index in [2.05, 4.69) is 10.6 Å². The quantitative estimate of drug-likeness (QED) is 0.532. The number of nitrogens with two attached hydrogens (primary N) is 2. The number of amides is 1. The molecule has 94 valence electrons. The molecular weight excluding hydrogens is 216 g/mol. The molecule has 0 aliphatic carbocycles. The molecule has 6 N–H and O–H groups in total. The first-order chi connectivity index (χ1) is 8.19. The minimum Gasteiger partial charge on any atom is -0.351 e. The zero-order valence-electron chi connectivity index (χ0n) is 10.1. The zero-order valence-corrected chi connectivity index (χ0v) is 10.1. The van der Waals surface area contributed by atoms with E-state index in [0.29, 0.717) is 26.2 Å². The Labute approximate surface area is 102 Å². The summed E-state index contributed by atoms with van der Waals surface area (Å²) in [6, 6.07) is 5.95.